The lowest BCUT2D eigenvalue weighted by Crippen LogP contribution is -2.40. The molecule has 0 saturated heterocycles. The lowest BCUT2D eigenvalue weighted by atomic mass is 10.3. The van der Waals surface area contributed by atoms with E-state index in [0.29, 0.717) is 18.1 Å². The van der Waals surface area contributed by atoms with Crippen LogP contribution in [0, 0.1) is 0 Å². The number of ether oxygens (including phenoxy) is 1. The first-order valence-corrected chi connectivity index (χ1v) is 5.30. The van der Waals surface area contributed by atoms with Crippen molar-refractivity contribution in [3.63, 3.8) is 0 Å². The number of thiocarbonyl (C=S) groups is 1. The SMILES string of the molecule is CC(C)N(CCOCC(F)(F)F)CC(N)=S. The third-order valence-electron chi connectivity index (χ3n) is 1.88. The lowest BCUT2D eigenvalue weighted by Gasteiger charge is -2.25. The van der Waals surface area contributed by atoms with Crippen molar-refractivity contribution in [3.05, 3.63) is 0 Å². The summed E-state index contributed by atoms with van der Waals surface area (Å²) in [6, 6.07) is 0.163. The van der Waals surface area contributed by atoms with Gasteiger partial charge in [0.15, 0.2) is 0 Å². The van der Waals surface area contributed by atoms with Crippen LogP contribution in [0.2, 0.25) is 0 Å². The van der Waals surface area contributed by atoms with Crippen LogP contribution in [0.25, 0.3) is 0 Å². The van der Waals surface area contributed by atoms with Crippen molar-refractivity contribution in [2.45, 2.75) is 26.1 Å². The molecule has 2 N–H and O–H groups in total. The number of hydrogen-bond acceptors (Lipinski definition) is 3. The zero-order chi connectivity index (χ0) is 12.8. The molecular weight excluding hydrogens is 241 g/mol. The summed E-state index contributed by atoms with van der Waals surface area (Å²) in [7, 11) is 0. The van der Waals surface area contributed by atoms with E-state index in [1.54, 1.807) is 0 Å². The van der Waals surface area contributed by atoms with Crippen LogP contribution in [-0.4, -0.2) is 48.4 Å². The molecular formula is C9H17F3N2OS. The van der Waals surface area contributed by atoms with Crippen LogP contribution >= 0.6 is 12.2 Å². The third-order valence-corrected chi connectivity index (χ3v) is 2.01. The number of nitrogens with two attached hydrogens (primary N) is 1. The molecule has 0 atom stereocenters. The van der Waals surface area contributed by atoms with Crippen molar-refractivity contribution in [2.24, 2.45) is 5.73 Å². The summed E-state index contributed by atoms with van der Waals surface area (Å²) < 4.78 is 39.8. The molecule has 0 radical (unpaired) electrons. The van der Waals surface area contributed by atoms with E-state index in [1.807, 2.05) is 18.7 Å². The molecule has 0 aliphatic heterocycles. The van der Waals surface area contributed by atoms with Crippen molar-refractivity contribution >= 4 is 17.2 Å². The standard InChI is InChI=1S/C9H17F3N2OS/c1-7(2)14(5-8(13)16)3-4-15-6-9(10,11)12/h7H,3-6H2,1-2H3,(H2,13,16). The molecule has 0 amide bonds. The first-order valence-electron chi connectivity index (χ1n) is 4.89. The molecule has 0 aromatic rings. The molecule has 7 heteroatoms. The van der Waals surface area contributed by atoms with Crippen LogP contribution in [0.5, 0.6) is 0 Å². The fourth-order valence-electron chi connectivity index (χ4n) is 1.09. The third kappa shape index (κ3) is 8.87. The average Bonchev–Trinajstić information content (AvgIpc) is 2.07. The maximum atomic E-state index is 11.8. The second-order valence-electron chi connectivity index (χ2n) is 3.70. The summed E-state index contributed by atoms with van der Waals surface area (Å²) in [6.45, 7) is 3.41. The Morgan fingerprint density at radius 3 is 2.38 bits per heavy atom. The van der Waals surface area contributed by atoms with E-state index in [4.69, 9.17) is 18.0 Å². The molecule has 0 bridgehead atoms. The maximum absolute atomic E-state index is 11.8. The molecule has 3 nitrogen and oxygen atoms in total. The van der Waals surface area contributed by atoms with Crippen molar-refractivity contribution in [2.75, 3.05) is 26.3 Å². The highest BCUT2D eigenvalue weighted by Crippen LogP contribution is 2.14. The fourth-order valence-corrected chi connectivity index (χ4v) is 1.26. The summed E-state index contributed by atoms with van der Waals surface area (Å²) in [5.74, 6) is 0. The van der Waals surface area contributed by atoms with Gasteiger partial charge in [-0.05, 0) is 13.8 Å². The Balaban J connectivity index is 3.81. The van der Waals surface area contributed by atoms with Crippen LogP contribution in [0.4, 0.5) is 13.2 Å². The Hall–Kier alpha value is -0.400. The molecule has 0 spiro atoms. The van der Waals surface area contributed by atoms with Gasteiger partial charge in [-0.1, -0.05) is 12.2 Å². The van der Waals surface area contributed by atoms with E-state index in [1.165, 1.54) is 0 Å². The molecule has 0 aliphatic rings. The van der Waals surface area contributed by atoms with Gasteiger partial charge in [-0.2, -0.15) is 13.2 Å². The van der Waals surface area contributed by atoms with Crippen LogP contribution in [0.3, 0.4) is 0 Å². The van der Waals surface area contributed by atoms with Crippen molar-refractivity contribution in [3.8, 4) is 0 Å². The van der Waals surface area contributed by atoms with Gasteiger partial charge in [-0.3, -0.25) is 4.90 Å². The van der Waals surface area contributed by atoms with E-state index in [-0.39, 0.29) is 12.6 Å². The summed E-state index contributed by atoms with van der Waals surface area (Å²) in [6.07, 6.45) is -4.27. The average molecular weight is 258 g/mol. The second kappa shape index (κ2) is 7.03. The van der Waals surface area contributed by atoms with Crippen LogP contribution in [-0.2, 0) is 4.74 Å². The van der Waals surface area contributed by atoms with Gasteiger partial charge in [0.2, 0.25) is 0 Å². The summed E-state index contributed by atoms with van der Waals surface area (Å²) in [5.41, 5.74) is 5.37. The number of hydrogen-bond donors (Lipinski definition) is 1. The van der Waals surface area contributed by atoms with Gasteiger partial charge in [0.25, 0.3) is 0 Å². The molecule has 0 aromatic heterocycles. The van der Waals surface area contributed by atoms with Crippen molar-refractivity contribution in [1.82, 2.24) is 4.90 Å². The largest absolute Gasteiger partial charge is 0.411 e. The lowest BCUT2D eigenvalue weighted by molar-refractivity contribution is -0.174. The van der Waals surface area contributed by atoms with Gasteiger partial charge >= 0.3 is 6.18 Å². The van der Waals surface area contributed by atoms with Gasteiger partial charge in [-0.25, -0.2) is 0 Å². The summed E-state index contributed by atoms with van der Waals surface area (Å²) in [4.78, 5) is 2.18. The van der Waals surface area contributed by atoms with Gasteiger partial charge in [0.05, 0.1) is 11.6 Å². The van der Waals surface area contributed by atoms with Gasteiger partial charge in [0, 0.05) is 19.1 Å². The molecule has 0 heterocycles. The molecule has 0 saturated carbocycles. The number of halogens is 3. The molecule has 0 unspecified atom stereocenters. The Kier molecular flexibility index (Phi) is 6.85. The second-order valence-corrected chi connectivity index (χ2v) is 4.22. The van der Waals surface area contributed by atoms with E-state index >= 15 is 0 Å². The summed E-state index contributed by atoms with van der Waals surface area (Å²) in [5, 5.41) is 0. The Morgan fingerprint density at radius 1 is 1.44 bits per heavy atom. The molecule has 16 heavy (non-hydrogen) atoms. The number of rotatable bonds is 7. The molecule has 96 valence electrons. The molecule has 0 rings (SSSR count). The summed E-state index contributed by atoms with van der Waals surface area (Å²) >= 11 is 4.74. The maximum Gasteiger partial charge on any atom is 0.411 e. The quantitative estimate of drug-likeness (QED) is 0.555. The minimum atomic E-state index is -4.27. The van der Waals surface area contributed by atoms with Gasteiger partial charge in [0.1, 0.15) is 6.61 Å². The van der Waals surface area contributed by atoms with E-state index in [9.17, 15) is 13.2 Å². The first-order chi connectivity index (χ1) is 7.22. The van der Waals surface area contributed by atoms with E-state index in [2.05, 4.69) is 4.74 Å². The first kappa shape index (κ1) is 15.6. The minimum absolute atomic E-state index is 0.0142. The predicted molar refractivity (Wildman–Crippen MR) is 60.4 cm³/mol. The minimum Gasteiger partial charge on any atom is -0.392 e. The van der Waals surface area contributed by atoms with Crippen LogP contribution in [0.1, 0.15) is 13.8 Å². The normalized spacial score (nSPS) is 12.4. The fraction of sp³-hybridized carbons (Fsp3) is 0.889. The highest BCUT2D eigenvalue weighted by molar-refractivity contribution is 7.80. The number of nitrogens with zero attached hydrogens (tertiary/aromatic N) is 1. The smallest absolute Gasteiger partial charge is 0.392 e. The topological polar surface area (TPSA) is 38.5 Å². The Bertz CT molecular complexity index is 221. The van der Waals surface area contributed by atoms with E-state index in [0.717, 1.165) is 0 Å². The molecule has 0 aromatic carbocycles. The van der Waals surface area contributed by atoms with Crippen LogP contribution in [0.15, 0.2) is 0 Å². The van der Waals surface area contributed by atoms with Gasteiger partial charge in [-0.15, -0.1) is 0 Å². The number of alkyl halides is 3. The zero-order valence-corrected chi connectivity index (χ0v) is 10.2. The van der Waals surface area contributed by atoms with Gasteiger partial charge < -0.3 is 10.5 Å². The highest BCUT2D eigenvalue weighted by atomic mass is 32.1. The monoisotopic (exact) mass is 258 g/mol. The predicted octanol–water partition coefficient (Wildman–Crippen LogP) is 1.56. The van der Waals surface area contributed by atoms with Crippen LogP contribution < -0.4 is 5.73 Å². The van der Waals surface area contributed by atoms with Crippen molar-refractivity contribution in [1.29, 1.82) is 0 Å². The Labute approximate surface area is 98.7 Å². The molecule has 0 fully saturated rings. The van der Waals surface area contributed by atoms with Crippen molar-refractivity contribution < 1.29 is 17.9 Å². The Morgan fingerprint density at radius 2 is 2.00 bits per heavy atom. The van der Waals surface area contributed by atoms with E-state index < -0.39 is 12.8 Å². The molecule has 0 aliphatic carbocycles. The zero-order valence-electron chi connectivity index (χ0n) is 9.38. The highest BCUT2D eigenvalue weighted by Gasteiger charge is 2.27.